The number of esters is 1. The molecule has 4 rings (SSSR count). The number of hydrogen-bond donors (Lipinski definition) is 1. The highest BCUT2D eigenvalue weighted by Crippen LogP contribution is 2.42. The Bertz CT molecular complexity index is 1330. The molecular weight excluding hydrogens is 444 g/mol. The number of ketones is 1. The Kier molecular flexibility index (Phi) is 6.51. The number of hydrogen-bond acceptors (Lipinski definition) is 6. The Labute approximate surface area is 203 Å². The van der Waals surface area contributed by atoms with E-state index in [9.17, 15) is 19.5 Å². The second-order valence-electron chi connectivity index (χ2n) is 8.77. The van der Waals surface area contributed by atoms with E-state index in [2.05, 4.69) is 4.98 Å². The lowest BCUT2D eigenvalue weighted by molar-refractivity contribution is -0.132. The lowest BCUT2D eigenvalue weighted by Crippen LogP contribution is -2.29. The molecule has 2 aromatic carbocycles. The number of aliphatic hydroxyl groups is 1. The second kappa shape index (κ2) is 9.54. The lowest BCUT2D eigenvalue weighted by atomic mass is 9.94. The first kappa shape index (κ1) is 23.9. The van der Waals surface area contributed by atoms with Crippen molar-refractivity contribution in [3.05, 3.63) is 100 Å². The number of carbonyl (C=O) groups excluding carboxylic acids is 3. The van der Waals surface area contributed by atoms with Crippen molar-refractivity contribution in [1.29, 1.82) is 0 Å². The fraction of sp³-hybridized carbons (Fsp3) is 0.214. The normalized spacial score (nSPS) is 17.2. The summed E-state index contributed by atoms with van der Waals surface area (Å²) < 4.78 is 5.23. The monoisotopic (exact) mass is 470 g/mol. The molecule has 1 unspecified atom stereocenters. The Balaban J connectivity index is 1.85. The van der Waals surface area contributed by atoms with Crippen molar-refractivity contribution < 1.29 is 24.2 Å². The number of rotatable bonds is 5. The van der Waals surface area contributed by atoms with Crippen molar-refractivity contribution in [1.82, 2.24) is 4.98 Å². The van der Waals surface area contributed by atoms with Crippen LogP contribution in [0, 0.1) is 13.8 Å². The maximum Gasteiger partial charge on any atom is 0.338 e. The number of carbonyl (C=O) groups is 3. The largest absolute Gasteiger partial charge is 0.507 e. The summed E-state index contributed by atoms with van der Waals surface area (Å²) in [4.78, 5) is 44.3. The molecule has 178 valence electrons. The average molecular weight is 471 g/mol. The molecule has 2 heterocycles. The number of benzene rings is 2. The SMILES string of the molecule is Cc1ccc(C)c(/C(O)=C2\C(=O)C(=O)N(c3ccc(C(=O)OC(C)C)cc3)C2c2cccnc2)c1. The summed E-state index contributed by atoms with van der Waals surface area (Å²) in [6.45, 7) is 7.24. The van der Waals surface area contributed by atoms with Crippen LogP contribution in [-0.2, 0) is 14.3 Å². The Morgan fingerprint density at radius 1 is 1.06 bits per heavy atom. The van der Waals surface area contributed by atoms with E-state index in [-0.39, 0.29) is 17.4 Å². The van der Waals surface area contributed by atoms with Gasteiger partial charge in [0.15, 0.2) is 0 Å². The molecule has 3 aromatic rings. The van der Waals surface area contributed by atoms with Gasteiger partial charge in [-0.3, -0.25) is 19.5 Å². The van der Waals surface area contributed by atoms with Crippen LogP contribution in [0.4, 0.5) is 5.69 Å². The van der Waals surface area contributed by atoms with Gasteiger partial charge in [-0.05, 0) is 75.2 Å². The van der Waals surface area contributed by atoms with E-state index >= 15 is 0 Å². The van der Waals surface area contributed by atoms with Gasteiger partial charge < -0.3 is 9.84 Å². The van der Waals surface area contributed by atoms with Crippen LogP contribution >= 0.6 is 0 Å². The molecule has 1 saturated heterocycles. The molecule has 0 bridgehead atoms. The lowest BCUT2D eigenvalue weighted by Gasteiger charge is -2.25. The zero-order chi connectivity index (χ0) is 25.3. The average Bonchev–Trinajstić information content (AvgIpc) is 3.11. The maximum atomic E-state index is 13.3. The molecule has 1 atom stereocenters. The number of aromatic nitrogens is 1. The zero-order valence-corrected chi connectivity index (χ0v) is 20.0. The summed E-state index contributed by atoms with van der Waals surface area (Å²) in [5, 5.41) is 11.3. The molecule has 1 aliphatic rings. The molecule has 7 nitrogen and oxygen atoms in total. The standard InChI is InChI=1S/C28H26N2O5/c1-16(2)35-28(34)19-9-11-21(12-10-19)30-24(20-6-5-13-29-15-20)23(26(32)27(30)33)25(31)22-14-17(3)7-8-18(22)4/h5-16,24,31H,1-4H3/b25-23+. The van der Waals surface area contributed by atoms with Crippen molar-refractivity contribution in [2.45, 2.75) is 39.8 Å². The highest BCUT2D eigenvalue weighted by atomic mass is 16.5. The number of anilines is 1. The van der Waals surface area contributed by atoms with Crippen LogP contribution in [-0.4, -0.2) is 33.9 Å². The quantitative estimate of drug-likeness (QED) is 0.247. The van der Waals surface area contributed by atoms with Crippen molar-refractivity contribution in [3.8, 4) is 0 Å². The Morgan fingerprint density at radius 3 is 2.40 bits per heavy atom. The van der Waals surface area contributed by atoms with Gasteiger partial charge in [0.2, 0.25) is 0 Å². The van der Waals surface area contributed by atoms with E-state index < -0.39 is 23.7 Å². The van der Waals surface area contributed by atoms with Gasteiger partial charge in [0, 0.05) is 23.6 Å². The van der Waals surface area contributed by atoms with Crippen LogP contribution in [0.3, 0.4) is 0 Å². The fourth-order valence-electron chi connectivity index (χ4n) is 4.13. The van der Waals surface area contributed by atoms with Crippen molar-refractivity contribution in [2.75, 3.05) is 4.90 Å². The van der Waals surface area contributed by atoms with E-state index in [1.165, 1.54) is 4.90 Å². The van der Waals surface area contributed by atoms with Crippen molar-refractivity contribution in [2.24, 2.45) is 0 Å². The predicted octanol–water partition coefficient (Wildman–Crippen LogP) is 4.89. The van der Waals surface area contributed by atoms with Crippen LogP contribution in [0.5, 0.6) is 0 Å². The zero-order valence-electron chi connectivity index (χ0n) is 20.0. The van der Waals surface area contributed by atoms with Crippen LogP contribution < -0.4 is 4.90 Å². The Hall–Kier alpha value is -4.26. The van der Waals surface area contributed by atoms with Crippen LogP contribution in [0.15, 0.2) is 72.6 Å². The van der Waals surface area contributed by atoms with Gasteiger partial charge in [-0.1, -0.05) is 23.8 Å². The molecule has 7 heteroatoms. The van der Waals surface area contributed by atoms with Gasteiger partial charge in [-0.25, -0.2) is 4.79 Å². The van der Waals surface area contributed by atoms with E-state index in [1.54, 1.807) is 68.7 Å². The number of ether oxygens (including phenoxy) is 1. The third-order valence-corrected chi connectivity index (χ3v) is 5.82. The number of pyridine rings is 1. The molecular formula is C28H26N2O5. The third-order valence-electron chi connectivity index (χ3n) is 5.82. The second-order valence-corrected chi connectivity index (χ2v) is 8.77. The number of aryl methyl sites for hydroxylation is 2. The first-order valence-corrected chi connectivity index (χ1v) is 11.3. The fourth-order valence-corrected chi connectivity index (χ4v) is 4.13. The van der Waals surface area contributed by atoms with Gasteiger partial charge in [0.25, 0.3) is 11.7 Å². The maximum absolute atomic E-state index is 13.3. The highest BCUT2D eigenvalue weighted by molar-refractivity contribution is 6.51. The molecule has 1 fully saturated rings. The van der Waals surface area contributed by atoms with Gasteiger partial charge >= 0.3 is 5.97 Å². The predicted molar refractivity (Wildman–Crippen MR) is 132 cm³/mol. The van der Waals surface area contributed by atoms with Crippen molar-refractivity contribution >= 4 is 29.1 Å². The summed E-state index contributed by atoms with van der Waals surface area (Å²) >= 11 is 0. The molecule has 1 aromatic heterocycles. The number of amides is 1. The first-order chi connectivity index (χ1) is 16.7. The smallest absolute Gasteiger partial charge is 0.338 e. The van der Waals surface area contributed by atoms with Crippen LogP contribution in [0.25, 0.3) is 5.76 Å². The highest BCUT2D eigenvalue weighted by Gasteiger charge is 2.47. The van der Waals surface area contributed by atoms with E-state index in [0.29, 0.717) is 22.4 Å². The van der Waals surface area contributed by atoms with Crippen LogP contribution in [0.1, 0.15) is 52.5 Å². The van der Waals surface area contributed by atoms with E-state index in [1.807, 2.05) is 26.0 Å². The van der Waals surface area contributed by atoms with Gasteiger partial charge in [0.05, 0.1) is 23.3 Å². The molecule has 1 amide bonds. The topological polar surface area (TPSA) is 96.8 Å². The van der Waals surface area contributed by atoms with Crippen LogP contribution in [0.2, 0.25) is 0 Å². The van der Waals surface area contributed by atoms with Crippen molar-refractivity contribution in [3.63, 3.8) is 0 Å². The third kappa shape index (κ3) is 4.57. The summed E-state index contributed by atoms with van der Waals surface area (Å²) in [7, 11) is 0. The summed E-state index contributed by atoms with van der Waals surface area (Å²) in [5.41, 5.74) is 3.46. The van der Waals surface area contributed by atoms with Gasteiger partial charge in [-0.15, -0.1) is 0 Å². The first-order valence-electron chi connectivity index (χ1n) is 11.3. The number of nitrogens with zero attached hydrogens (tertiary/aromatic N) is 2. The molecule has 0 aliphatic carbocycles. The molecule has 0 saturated carbocycles. The summed E-state index contributed by atoms with van der Waals surface area (Å²) in [6, 6.07) is 14.4. The minimum atomic E-state index is -0.892. The summed E-state index contributed by atoms with van der Waals surface area (Å²) in [5.74, 6) is -2.28. The molecule has 1 aliphatic heterocycles. The van der Waals surface area contributed by atoms with Gasteiger partial charge in [-0.2, -0.15) is 0 Å². The summed E-state index contributed by atoms with van der Waals surface area (Å²) in [6.07, 6.45) is 2.89. The minimum Gasteiger partial charge on any atom is -0.507 e. The molecule has 0 spiro atoms. The number of aliphatic hydroxyl groups excluding tert-OH is 1. The number of Topliss-reactive ketones (excluding diaryl/α,β-unsaturated/α-hetero) is 1. The Morgan fingerprint density at radius 2 is 1.77 bits per heavy atom. The minimum absolute atomic E-state index is 0.0139. The van der Waals surface area contributed by atoms with Gasteiger partial charge in [0.1, 0.15) is 5.76 Å². The molecule has 0 radical (unpaired) electrons. The van der Waals surface area contributed by atoms with E-state index in [0.717, 1.165) is 11.1 Å². The molecule has 1 N–H and O–H groups in total. The van der Waals surface area contributed by atoms with E-state index in [4.69, 9.17) is 4.74 Å². The molecule has 35 heavy (non-hydrogen) atoms.